The summed E-state index contributed by atoms with van der Waals surface area (Å²) in [6, 6.07) is 10.5. The molecule has 0 amide bonds. The van der Waals surface area contributed by atoms with E-state index in [2.05, 4.69) is 4.98 Å². The highest BCUT2D eigenvalue weighted by Gasteiger charge is 2.05. The van der Waals surface area contributed by atoms with Crippen LogP contribution in [-0.4, -0.2) is 10.8 Å². The van der Waals surface area contributed by atoms with E-state index in [0.717, 1.165) is 11.8 Å². The van der Waals surface area contributed by atoms with E-state index in [-0.39, 0.29) is 11.6 Å². The fourth-order valence-corrected chi connectivity index (χ4v) is 1.62. The number of aryl methyl sites for hydroxylation is 1. The molecule has 1 aromatic heterocycles. The largest absolute Gasteiger partial charge is 0.294 e. The second-order valence-corrected chi connectivity index (χ2v) is 3.80. The van der Waals surface area contributed by atoms with E-state index in [9.17, 15) is 9.18 Å². The number of carbonyl (C=O) groups is 1. The second kappa shape index (κ2) is 5.34. The molecule has 86 valence electrons. The van der Waals surface area contributed by atoms with Crippen molar-refractivity contribution in [1.82, 2.24) is 4.98 Å². The van der Waals surface area contributed by atoms with Gasteiger partial charge in [-0.05, 0) is 18.1 Å². The highest BCUT2D eigenvalue weighted by Crippen LogP contribution is 2.08. The van der Waals surface area contributed by atoms with Crippen LogP contribution >= 0.6 is 0 Å². The summed E-state index contributed by atoms with van der Waals surface area (Å²) in [4.78, 5) is 15.5. The van der Waals surface area contributed by atoms with Crippen LogP contribution in [0.2, 0.25) is 0 Å². The Balaban J connectivity index is 1.97. The molecule has 0 aliphatic rings. The summed E-state index contributed by atoms with van der Waals surface area (Å²) < 4.78 is 12.9. The predicted octanol–water partition coefficient (Wildman–Crippen LogP) is 3.04. The molecule has 2 nitrogen and oxygen atoms in total. The van der Waals surface area contributed by atoms with E-state index < -0.39 is 0 Å². The van der Waals surface area contributed by atoms with E-state index in [0.29, 0.717) is 18.4 Å². The maximum Gasteiger partial charge on any atom is 0.163 e. The van der Waals surface area contributed by atoms with Gasteiger partial charge in [0.15, 0.2) is 5.78 Å². The minimum atomic E-state index is -0.366. The van der Waals surface area contributed by atoms with E-state index >= 15 is 0 Å². The predicted molar refractivity (Wildman–Crippen MR) is 63.3 cm³/mol. The zero-order chi connectivity index (χ0) is 12.1. The van der Waals surface area contributed by atoms with E-state index in [1.54, 1.807) is 18.3 Å². The lowest BCUT2D eigenvalue weighted by molar-refractivity contribution is 0.0983. The molecule has 0 N–H and O–H groups in total. The molecule has 17 heavy (non-hydrogen) atoms. The van der Waals surface area contributed by atoms with Crippen molar-refractivity contribution in [3.05, 3.63) is 65.7 Å². The first-order chi connectivity index (χ1) is 8.25. The average molecular weight is 229 g/mol. The van der Waals surface area contributed by atoms with Gasteiger partial charge in [-0.2, -0.15) is 0 Å². The number of hydrogen-bond acceptors (Lipinski definition) is 2. The van der Waals surface area contributed by atoms with Crippen molar-refractivity contribution < 1.29 is 9.18 Å². The molecule has 0 saturated carbocycles. The van der Waals surface area contributed by atoms with Crippen LogP contribution in [0.4, 0.5) is 4.39 Å². The number of rotatable bonds is 4. The number of benzene rings is 1. The Morgan fingerprint density at radius 3 is 2.65 bits per heavy atom. The van der Waals surface area contributed by atoms with E-state index in [1.165, 1.54) is 6.07 Å². The van der Waals surface area contributed by atoms with Crippen molar-refractivity contribution in [3.8, 4) is 0 Å². The van der Waals surface area contributed by atoms with Crippen LogP contribution in [-0.2, 0) is 6.42 Å². The fourth-order valence-electron chi connectivity index (χ4n) is 1.62. The zero-order valence-electron chi connectivity index (χ0n) is 9.27. The first kappa shape index (κ1) is 11.5. The molecule has 0 fully saturated rings. The third-order valence-corrected chi connectivity index (χ3v) is 2.50. The SMILES string of the molecule is O=C(CCc1cncc(F)c1)c1ccccc1. The van der Waals surface area contributed by atoms with Gasteiger partial charge in [0.1, 0.15) is 5.82 Å². The molecule has 2 rings (SSSR count). The molecule has 0 aliphatic heterocycles. The summed E-state index contributed by atoms with van der Waals surface area (Å²) in [5.74, 6) is -0.301. The highest BCUT2D eigenvalue weighted by molar-refractivity contribution is 5.96. The van der Waals surface area contributed by atoms with Gasteiger partial charge in [0, 0.05) is 18.2 Å². The standard InChI is InChI=1S/C14H12FNO/c15-13-8-11(9-16-10-13)6-7-14(17)12-4-2-1-3-5-12/h1-5,8-10H,6-7H2. The molecule has 0 saturated heterocycles. The Kier molecular flexibility index (Phi) is 3.60. The summed E-state index contributed by atoms with van der Waals surface area (Å²) in [7, 11) is 0. The number of aromatic nitrogens is 1. The number of halogens is 1. The topological polar surface area (TPSA) is 30.0 Å². The van der Waals surface area contributed by atoms with E-state index in [4.69, 9.17) is 0 Å². The molecule has 2 aromatic rings. The minimum absolute atomic E-state index is 0.0647. The Morgan fingerprint density at radius 1 is 1.18 bits per heavy atom. The Hall–Kier alpha value is -2.03. The van der Waals surface area contributed by atoms with Gasteiger partial charge >= 0.3 is 0 Å². The van der Waals surface area contributed by atoms with Crippen LogP contribution in [0.25, 0.3) is 0 Å². The highest BCUT2D eigenvalue weighted by atomic mass is 19.1. The van der Waals surface area contributed by atoms with Crippen LogP contribution in [0.15, 0.2) is 48.8 Å². The van der Waals surface area contributed by atoms with Crippen molar-refractivity contribution in [2.45, 2.75) is 12.8 Å². The van der Waals surface area contributed by atoms with Crippen molar-refractivity contribution >= 4 is 5.78 Å². The molecule has 0 radical (unpaired) electrons. The lowest BCUT2D eigenvalue weighted by Gasteiger charge is -2.01. The summed E-state index contributed by atoms with van der Waals surface area (Å²) in [6.45, 7) is 0. The Bertz CT molecular complexity index is 511. The summed E-state index contributed by atoms with van der Waals surface area (Å²) in [5, 5.41) is 0. The molecular weight excluding hydrogens is 217 g/mol. The fraction of sp³-hybridized carbons (Fsp3) is 0.143. The van der Waals surface area contributed by atoms with Crippen LogP contribution < -0.4 is 0 Å². The maximum absolute atomic E-state index is 12.9. The van der Waals surface area contributed by atoms with Crippen LogP contribution in [0, 0.1) is 5.82 Å². The summed E-state index contributed by atoms with van der Waals surface area (Å²) >= 11 is 0. The average Bonchev–Trinajstić information content (AvgIpc) is 2.37. The molecule has 0 atom stereocenters. The molecule has 0 bridgehead atoms. The van der Waals surface area contributed by atoms with Gasteiger partial charge in [0.25, 0.3) is 0 Å². The molecule has 3 heteroatoms. The lowest BCUT2D eigenvalue weighted by Crippen LogP contribution is -2.01. The number of carbonyl (C=O) groups excluding carboxylic acids is 1. The first-order valence-electron chi connectivity index (χ1n) is 5.43. The first-order valence-corrected chi connectivity index (χ1v) is 5.43. The van der Waals surface area contributed by atoms with Gasteiger partial charge in [-0.15, -0.1) is 0 Å². The van der Waals surface area contributed by atoms with Gasteiger partial charge in [-0.1, -0.05) is 30.3 Å². The van der Waals surface area contributed by atoms with Gasteiger partial charge in [0.2, 0.25) is 0 Å². The van der Waals surface area contributed by atoms with Crippen LogP contribution in [0.1, 0.15) is 22.3 Å². The number of nitrogens with zero attached hydrogens (tertiary/aromatic N) is 1. The van der Waals surface area contributed by atoms with Crippen molar-refractivity contribution in [2.24, 2.45) is 0 Å². The molecule has 0 aliphatic carbocycles. The van der Waals surface area contributed by atoms with Gasteiger partial charge in [0.05, 0.1) is 6.20 Å². The quantitative estimate of drug-likeness (QED) is 0.754. The third kappa shape index (κ3) is 3.21. The normalized spacial score (nSPS) is 10.2. The van der Waals surface area contributed by atoms with Gasteiger partial charge < -0.3 is 0 Å². The molecule has 1 aromatic carbocycles. The van der Waals surface area contributed by atoms with Crippen molar-refractivity contribution in [2.75, 3.05) is 0 Å². The maximum atomic E-state index is 12.9. The molecule has 0 unspecified atom stereocenters. The third-order valence-electron chi connectivity index (χ3n) is 2.50. The number of Topliss-reactive ketones (excluding diaryl/α,β-unsaturated/α-hetero) is 1. The second-order valence-electron chi connectivity index (χ2n) is 3.80. The summed E-state index contributed by atoms with van der Waals surface area (Å²) in [5.41, 5.74) is 1.44. The van der Waals surface area contributed by atoms with E-state index in [1.807, 2.05) is 18.2 Å². The number of ketones is 1. The van der Waals surface area contributed by atoms with Gasteiger partial charge in [-0.3, -0.25) is 9.78 Å². The van der Waals surface area contributed by atoms with Crippen LogP contribution in [0.5, 0.6) is 0 Å². The van der Waals surface area contributed by atoms with Gasteiger partial charge in [-0.25, -0.2) is 4.39 Å². The van der Waals surface area contributed by atoms with Crippen molar-refractivity contribution in [3.63, 3.8) is 0 Å². The zero-order valence-corrected chi connectivity index (χ0v) is 9.27. The smallest absolute Gasteiger partial charge is 0.163 e. The number of hydrogen-bond donors (Lipinski definition) is 0. The minimum Gasteiger partial charge on any atom is -0.294 e. The summed E-state index contributed by atoms with van der Waals surface area (Å²) in [6.07, 6.45) is 3.62. The molecule has 0 spiro atoms. The molecule has 1 heterocycles. The number of pyridine rings is 1. The Labute approximate surface area is 99.1 Å². The van der Waals surface area contributed by atoms with Crippen LogP contribution in [0.3, 0.4) is 0 Å². The lowest BCUT2D eigenvalue weighted by atomic mass is 10.0. The Morgan fingerprint density at radius 2 is 1.94 bits per heavy atom. The molecular formula is C14H12FNO. The van der Waals surface area contributed by atoms with Crippen molar-refractivity contribution in [1.29, 1.82) is 0 Å². The monoisotopic (exact) mass is 229 g/mol.